The molecule has 0 aromatic carbocycles. The molecule has 0 spiro atoms. The van der Waals surface area contributed by atoms with Gasteiger partial charge in [0.25, 0.3) is 5.91 Å². The molecule has 1 heterocycles. The van der Waals surface area contributed by atoms with E-state index in [0.29, 0.717) is 25.9 Å². The van der Waals surface area contributed by atoms with Crippen molar-refractivity contribution in [1.29, 1.82) is 0 Å². The summed E-state index contributed by atoms with van der Waals surface area (Å²) in [5, 5.41) is 0. The van der Waals surface area contributed by atoms with E-state index in [1.165, 1.54) is 0 Å². The second-order valence-electron chi connectivity index (χ2n) is 5.51. The van der Waals surface area contributed by atoms with E-state index in [1.807, 2.05) is 20.8 Å². The lowest BCUT2D eigenvalue weighted by Crippen LogP contribution is -2.43. The van der Waals surface area contributed by atoms with E-state index in [-0.39, 0.29) is 24.7 Å². The van der Waals surface area contributed by atoms with Gasteiger partial charge in [-0.3, -0.25) is 4.79 Å². The number of ether oxygens (including phenoxy) is 2. The summed E-state index contributed by atoms with van der Waals surface area (Å²) in [6.45, 7) is 6.70. The summed E-state index contributed by atoms with van der Waals surface area (Å²) in [5.41, 5.74) is -0.477. The van der Waals surface area contributed by atoms with Crippen LogP contribution in [0.15, 0.2) is 0 Å². The van der Waals surface area contributed by atoms with E-state index >= 15 is 0 Å². The molecule has 2 amide bonds. The molecule has 0 atom stereocenters. The van der Waals surface area contributed by atoms with Crippen molar-refractivity contribution in [2.75, 3.05) is 19.7 Å². The zero-order valence-corrected chi connectivity index (χ0v) is 12.5. The fraction of sp³-hybridized carbons (Fsp3) is 0.833. The van der Waals surface area contributed by atoms with Gasteiger partial charge in [0, 0.05) is 13.1 Å². The van der Waals surface area contributed by atoms with Gasteiger partial charge >= 0.3 is 6.09 Å². The van der Waals surface area contributed by atoms with Gasteiger partial charge in [0.05, 0.1) is 6.10 Å². The van der Waals surface area contributed by atoms with Crippen LogP contribution in [0, 0.1) is 0 Å². The maximum absolute atomic E-state index is 11.8. The summed E-state index contributed by atoms with van der Waals surface area (Å²) in [6, 6.07) is 0. The molecule has 110 valence electrons. The highest BCUT2D eigenvalue weighted by Gasteiger charge is 2.27. The van der Waals surface area contributed by atoms with E-state index in [0.717, 1.165) is 0 Å². The van der Waals surface area contributed by atoms with Gasteiger partial charge in [0.2, 0.25) is 0 Å². The van der Waals surface area contributed by atoms with Crippen molar-refractivity contribution < 1.29 is 19.1 Å². The number of rotatable bonds is 3. The van der Waals surface area contributed by atoms with E-state index < -0.39 is 5.60 Å². The quantitative estimate of drug-likeness (QED) is 0.770. The summed E-state index contributed by atoms with van der Waals surface area (Å²) in [4.78, 5) is 24.5. The van der Waals surface area contributed by atoms with Crippen LogP contribution in [0.2, 0.25) is 0 Å². The lowest BCUT2D eigenvalue weighted by molar-refractivity contribution is -0.126. The minimum atomic E-state index is -0.477. The Morgan fingerprint density at radius 2 is 1.89 bits per heavy atom. The van der Waals surface area contributed by atoms with Gasteiger partial charge in [-0.15, -0.1) is 0 Å². The fourth-order valence-electron chi connectivity index (χ4n) is 1.76. The Hall–Kier alpha value is -0.950. The smallest absolute Gasteiger partial charge is 0.410 e. The Bertz CT molecular complexity index is 322. The van der Waals surface area contributed by atoms with Crippen LogP contribution in [0.1, 0.15) is 33.6 Å². The maximum Gasteiger partial charge on any atom is 0.410 e. The zero-order chi connectivity index (χ0) is 14.5. The molecule has 1 aliphatic heterocycles. The first-order valence-electron chi connectivity index (χ1n) is 6.34. The first-order chi connectivity index (χ1) is 8.81. The zero-order valence-electron chi connectivity index (χ0n) is 11.6. The summed E-state index contributed by atoms with van der Waals surface area (Å²) >= 11 is 3.65. The van der Waals surface area contributed by atoms with Crippen LogP contribution in [0.5, 0.6) is 0 Å². The molecule has 6 nitrogen and oxygen atoms in total. The minimum Gasteiger partial charge on any atom is -0.444 e. The van der Waals surface area contributed by atoms with Gasteiger partial charge in [-0.25, -0.2) is 4.79 Å². The number of piperidine rings is 1. The van der Waals surface area contributed by atoms with Crippen LogP contribution >= 0.6 is 12.8 Å². The second-order valence-corrected chi connectivity index (χ2v) is 5.74. The molecule has 0 saturated carbocycles. The summed E-state index contributed by atoms with van der Waals surface area (Å²) in [5.74, 6) is -0.266. The summed E-state index contributed by atoms with van der Waals surface area (Å²) in [6.07, 6.45) is 1.13. The fourth-order valence-corrected chi connectivity index (χ4v) is 1.82. The van der Waals surface area contributed by atoms with Crippen LogP contribution in [0.4, 0.5) is 4.79 Å². The number of likely N-dealkylation sites (tertiary alicyclic amines) is 1. The maximum atomic E-state index is 11.8. The van der Waals surface area contributed by atoms with Crippen molar-refractivity contribution in [3.05, 3.63) is 0 Å². The molecule has 0 aromatic heterocycles. The van der Waals surface area contributed by atoms with Crippen molar-refractivity contribution >= 4 is 24.8 Å². The highest BCUT2D eigenvalue weighted by atomic mass is 32.1. The third-order valence-corrected chi connectivity index (χ3v) is 2.92. The van der Waals surface area contributed by atoms with E-state index in [9.17, 15) is 9.59 Å². The average Bonchev–Trinajstić information content (AvgIpc) is 2.34. The number of hydrogen-bond acceptors (Lipinski definition) is 5. The van der Waals surface area contributed by atoms with E-state index in [4.69, 9.17) is 9.47 Å². The van der Waals surface area contributed by atoms with Gasteiger partial charge in [-0.1, -0.05) is 12.8 Å². The molecular weight excluding hydrogens is 268 g/mol. The SMILES string of the molecule is CC(C)(C)OC(=O)N1CCC(OCC(=O)NS)CC1. The number of thiol groups is 1. The molecule has 1 saturated heterocycles. The van der Waals surface area contributed by atoms with Crippen molar-refractivity contribution in [2.24, 2.45) is 0 Å². The number of carbonyl (C=O) groups excluding carboxylic acids is 2. The first kappa shape index (κ1) is 16.1. The van der Waals surface area contributed by atoms with E-state index in [2.05, 4.69) is 17.5 Å². The molecule has 1 rings (SSSR count). The number of amides is 2. The number of carbonyl (C=O) groups is 2. The molecular formula is C12H22N2O4S. The number of nitrogens with one attached hydrogen (secondary N) is 1. The third-order valence-electron chi connectivity index (χ3n) is 2.67. The molecule has 0 unspecified atom stereocenters. The lowest BCUT2D eigenvalue weighted by Gasteiger charge is -2.33. The molecule has 1 fully saturated rings. The Balaban J connectivity index is 2.29. The molecule has 7 heteroatoms. The predicted octanol–water partition coefficient (Wildman–Crippen LogP) is 1.36. The second kappa shape index (κ2) is 7.00. The van der Waals surface area contributed by atoms with Crippen LogP contribution in [0.25, 0.3) is 0 Å². The largest absolute Gasteiger partial charge is 0.444 e. The van der Waals surface area contributed by atoms with Crippen LogP contribution < -0.4 is 4.72 Å². The van der Waals surface area contributed by atoms with Crippen molar-refractivity contribution in [3.8, 4) is 0 Å². The Morgan fingerprint density at radius 3 is 2.37 bits per heavy atom. The van der Waals surface area contributed by atoms with Crippen LogP contribution in [-0.2, 0) is 14.3 Å². The Morgan fingerprint density at radius 1 is 1.32 bits per heavy atom. The van der Waals surface area contributed by atoms with Crippen molar-refractivity contribution in [2.45, 2.75) is 45.3 Å². The molecule has 0 radical (unpaired) electrons. The molecule has 0 aliphatic carbocycles. The number of nitrogens with zero attached hydrogens (tertiary/aromatic N) is 1. The first-order valence-corrected chi connectivity index (χ1v) is 6.79. The average molecular weight is 290 g/mol. The minimum absolute atomic E-state index is 0.000599. The van der Waals surface area contributed by atoms with Gasteiger partial charge in [0.15, 0.2) is 0 Å². The molecule has 19 heavy (non-hydrogen) atoms. The molecule has 1 N–H and O–H groups in total. The van der Waals surface area contributed by atoms with Crippen molar-refractivity contribution in [1.82, 2.24) is 9.62 Å². The summed E-state index contributed by atoms with van der Waals surface area (Å²) < 4.78 is 12.9. The highest BCUT2D eigenvalue weighted by Crippen LogP contribution is 2.17. The normalized spacial score (nSPS) is 17.2. The standard InChI is InChI=1S/C12H22N2O4S/c1-12(2,3)18-11(16)14-6-4-9(5-7-14)17-8-10(15)13-19/h9,19H,4-8H2,1-3H3,(H,13,15). The van der Waals surface area contributed by atoms with Crippen LogP contribution in [0.3, 0.4) is 0 Å². The van der Waals surface area contributed by atoms with Gasteiger partial charge in [0.1, 0.15) is 12.2 Å². The highest BCUT2D eigenvalue weighted by molar-refractivity contribution is 7.78. The van der Waals surface area contributed by atoms with E-state index in [1.54, 1.807) is 4.90 Å². The summed E-state index contributed by atoms with van der Waals surface area (Å²) in [7, 11) is 0. The van der Waals surface area contributed by atoms with Gasteiger partial charge in [-0.05, 0) is 33.6 Å². The topological polar surface area (TPSA) is 67.9 Å². The van der Waals surface area contributed by atoms with Crippen LogP contribution in [-0.4, -0.2) is 48.3 Å². The molecule has 1 aliphatic rings. The monoisotopic (exact) mass is 290 g/mol. The Kier molecular flexibility index (Phi) is 5.93. The van der Waals surface area contributed by atoms with Crippen molar-refractivity contribution in [3.63, 3.8) is 0 Å². The van der Waals surface area contributed by atoms with Gasteiger partial charge in [-0.2, -0.15) is 0 Å². The molecule has 0 bridgehead atoms. The number of hydrogen-bond donors (Lipinski definition) is 2. The van der Waals surface area contributed by atoms with Gasteiger partial charge < -0.3 is 19.1 Å². The lowest BCUT2D eigenvalue weighted by atomic mass is 10.1. The Labute approximate surface area is 119 Å². The predicted molar refractivity (Wildman–Crippen MR) is 73.9 cm³/mol. The third kappa shape index (κ3) is 6.15. The molecule has 0 aromatic rings.